The van der Waals surface area contributed by atoms with Gasteiger partial charge >= 0.3 is 0 Å². The number of nitrogens with one attached hydrogen (secondary N) is 1. The molecule has 92 valence electrons. The topological polar surface area (TPSA) is 45.2 Å². The van der Waals surface area contributed by atoms with Gasteiger partial charge in [0, 0.05) is 13.1 Å². The number of pyridine rings is 1. The van der Waals surface area contributed by atoms with Crippen LogP contribution in [-0.4, -0.2) is 30.0 Å². The Morgan fingerprint density at radius 1 is 1.41 bits per heavy atom. The molecule has 1 aromatic heterocycles. The molecule has 1 fully saturated rings. The molecule has 17 heavy (non-hydrogen) atoms. The van der Waals surface area contributed by atoms with Crippen LogP contribution in [0, 0.1) is 0 Å². The van der Waals surface area contributed by atoms with Crippen LogP contribution < -0.4 is 10.2 Å². The fourth-order valence-electron chi connectivity index (χ4n) is 1.71. The molecule has 1 N–H and O–H groups in total. The normalized spacial score (nSPS) is 20.4. The maximum absolute atomic E-state index is 11.6. The molecule has 0 spiro atoms. The Bertz CT molecular complexity index is 466. The molecule has 0 saturated carbocycles. The lowest BCUT2D eigenvalue weighted by Gasteiger charge is -2.34. The van der Waals surface area contributed by atoms with E-state index in [0.717, 1.165) is 0 Å². The highest BCUT2D eigenvalue weighted by molar-refractivity contribution is 6.43. The molecule has 0 radical (unpaired) electrons. The Morgan fingerprint density at radius 2 is 2.12 bits per heavy atom. The molecule has 0 bridgehead atoms. The van der Waals surface area contributed by atoms with Crippen molar-refractivity contribution in [2.24, 2.45) is 0 Å². The first-order chi connectivity index (χ1) is 8.00. The molecule has 1 aliphatic rings. The SMILES string of the molecule is CC1C(=O)NCCN1c1nc(Cl)c(Cl)cc1Cl. The second-order valence-corrected chi connectivity index (χ2v) is 4.90. The minimum atomic E-state index is -0.328. The molecule has 1 atom stereocenters. The van der Waals surface area contributed by atoms with Crippen molar-refractivity contribution in [1.82, 2.24) is 10.3 Å². The van der Waals surface area contributed by atoms with Crippen LogP contribution in [0.2, 0.25) is 15.2 Å². The lowest BCUT2D eigenvalue weighted by Crippen LogP contribution is -2.54. The summed E-state index contributed by atoms with van der Waals surface area (Å²) in [6, 6.07) is 1.21. The minimum Gasteiger partial charge on any atom is -0.353 e. The average molecular weight is 295 g/mol. The van der Waals surface area contributed by atoms with Crippen LogP contribution in [0.4, 0.5) is 5.82 Å². The first kappa shape index (κ1) is 12.7. The molecular formula is C10H10Cl3N3O. The van der Waals surface area contributed by atoms with Gasteiger partial charge in [-0.3, -0.25) is 4.79 Å². The van der Waals surface area contributed by atoms with Crippen molar-refractivity contribution in [2.75, 3.05) is 18.0 Å². The van der Waals surface area contributed by atoms with E-state index in [-0.39, 0.29) is 17.1 Å². The monoisotopic (exact) mass is 293 g/mol. The van der Waals surface area contributed by atoms with Gasteiger partial charge in [0.25, 0.3) is 0 Å². The van der Waals surface area contributed by atoms with Crippen LogP contribution in [0.3, 0.4) is 0 Å². The molecule has 1 amide bonds. The lowest BCUT2D eigenvalue weighted by atomic mass is 10.2. The summed E-state index contributed by atoms with van der Waals surface area (Å²) in [5.74, 6) is 0.434. The first-order valence-corrected chi connectivity index (χ1v) is 6.20. The zero-order chi connectivity index (χ0) is 12.6. The number of hydrogen-bond acceptors (Lipinski definition) is 3. The van der Waals surface area contributed by atoms with Gasteiger partial charge in [-0.1, -0.05) is 34.8 Å². The van der Waals surface area contributed by atoms with E-state index < -0.39 is 0 Å². The molecule has 2 heterocycles. The van der Waals surface area contributed by atoms with E-state index in [1.54, 1.807) is 6.92 Å². The molecule has 1 aromatic rings. The Balaban J connectivity index is 2.39. The number of aromatic nitrogens is 1. The fourth-order valence-corrected chi connectivity index (χ4v) is 2.31. The van der Waals surface area contributed by atoms with Gasteiger partial charge in [-0.25, -0.2) is 4.98 Å². The summed E-state index contributed by atoms with van der Waals surface area (Å²) in [7, 11) is 0. The van der Waals surface area contributed by atoms with Gasteiger partial charge in [0.2, 0.25) is 5.91 Å². The second-order valence-electron chi connectivity index (χ2n) is 3.73. The van der Waals surface area contributed by atoms with E-state index in [2.05, 4.69) is 10.3 Å². The third-order valence-electron chi connectivity index (χ3n) is 2.64. The highest BCUT2D eigenvalue weighted by Crippen LogP contribution is 2.32. The molecule has 4 nitrogen and oxygen atoms in total. The number of halogens is 3. The van der Waals surface area contributed by atoms with Crippen molar-refractivity contribution in [3.05, 3.63) is 21.3 Å². The van der Waals surface area contributed by atoms with E-state index in [4.69, 9.17) is 34.8 Å². The zero-order valence-electron chi connectivity index (χ0n) is 9.01. The summed E-state index contributed by atoms with van der Waals surface area (Å²) < 4.78 is 0. The van der Waals surface area contributed by atoms with Crippen LogP contribution in [0.15, 0.2) is 6.07 Å². The highest BCUT2D eigenvalue weighted by atomic mass is 35.5. The van der Waals surface area contributed by atoms with Gasteiger partial charge in [0.15, 0.2) is 0 Å². The molecule has 1 saturated heterocycles. The highest BCUT2D eigenvalue weighted by Gasteiger charge is 2.28. The summed E-state index contributed by atoms with van der Waals surface area (Å²) in [5.41, 5.74) is 0. The Labute approximate surface area is 114 Å². The van der Waals surface area contributed by atoms with E-state index in [0.29, 0.717) is 29.0 Å². The number of carbonyl (C=O) groups is 1. The minimum absolute atomic E-state index is 0.0554. The van der Waals surface area contributed by atoms with Crippen LogP contribution in [0.5, 0.6) is 0 Å². The Kier molecular flexibility index (Phi) is 3.66. The summed E-state index contributed by atoms with van der Waals surface area (Å²) in [4.78, 5) is 17.5. The Morgan fingerprint density at radius 3 is 2.82 bits per heavy atom. The van der Waals surface area contributed by atoms with Crippen LogP contribution in [0.1, 0.15) is 6.92 Å². The summed E-state index contributed by atoms with van der Waals surface area (Å²) in [6.45, 7) is 2.98. The number of hydrogen-bond donors (Lipinski definition) is 1. The van der Waals surface area contributed by atoms with Crippen molar-refractivity contribution in [3.63, 3.8) is 0 Å². The maximum Gasteiger partial charge on any atom is 0.242 e. The predicted molar refractivity (Wildman–Crippen MR) is 69.1 cm³/mol. The smallest absolute Gasteiger partial charge is 0.242 e. The molecular weight excluding hydrogens is 284 g/mol. The summed E-state index contributed by atoms with van der Waals surface area (Å²) in [5, 5.41) is 3.64. The second kappa shape index (κ2) is 4.88. The predicted octanol–water partition coefficient (Wildman–Crippen LogP) is 2.37. The third kappa shape index (κ3) is 2.44. The molecule has 1 unspecified atom stereocenters. The van der Waals surface area contributed by atoms with E-state index in [1.807, 2.05) is 4.90 Å². The van der Waals surface area contributed by atoms with Gasteiger partial charge in [0.1, 0.15) is 17.0 Å². The molecule has 0 aromatic carbocycles. The number of carbonyl (C=O) groups excluding carboxylic acids is 1. The largest absolute Gasteiger partial charge is 0.353 e. The molecule has 0 aliphatic carbocycles. The van der Waals surface area contributed by atoms with Crippen molar-refractivity contribution in [3.8, 4) is 0 Å². The van der Waals surface area contributed by atoms with Gasteiger partial charge in [-0.05, 0) is 13.0 Å². The van der Waals surface area contributed by atoms with Crippen molar-refractivity contribution < 1.29 is 4.79 Å². The number of anilines is 1. The molecule has 1 aliphatic heterocycles. The summed E-state index contributed by atoms with van der Waals surface area (Å²) in [6.07, 6.45) is 0. The van der Waals surface area contributed by atoms with E-state index in [1.165, 1.54) is 6.07 Å². The first-order valence-electron chi connectivity index (χ1n) is 5.06. The van der Waals surface area contributed by atoms with Crippen LogP contribution in [-0.2, 0) is 4.79 Å². The standard InChI is InChI=1S/C10H10Cl3N3O/c1-5-10(17)14-2-3-16(5)9-7(12)4-6(11)8(13)15-9/h4-5H,2-3H2,1H3,(H,14,17). The van der Waals surface area contributed by atoms with Gasteiger partial charge in [-0.15, -0.1) is 0 Å². The van der Waals surface area contributed by atoms with E-state index >= 15 is 0 Å². The molecule has 2 rings (SSSR count). The van der Waals surface area contributed by atoms with Crippen molar-refractivity contribution in [1.29, 1.82) is 0 Å². The number of amides is 1. The number of nitrogens with zero attached hydrogens (tertiary/aromatic N) is 2. The van der Waals surface area contributed by atoms with E-state index in [9.17, 15) is 4.79 Å². The van der Waals surface area contributed by atoms with Gasteiger partial charge in [0.05, 0.1) is 10.0 Å². The number of piperazine rings is 1. The lowest BCUT2D eigenvalue weighted by molar-refractivity contribution is -0.122. The third-order valence-corrected chi connectivity index (χ3v) is 3.59. The quantitative estimate of drug-likeness (QED) is 0.809. The van der Waals surface area contributed by atoms with Crippen LogP contribution >= 0.6 is 34.8 Å². The number of rotatable bonds is 1. The molecule has 7 heteroatoms. The fraction of sp³-hybridized carbons (Fsp3) is 0.400. The maximum atomic E-state index is 11.6. The van der Waals surface area contributed by atoms with Crippen molar-refractivity contribution in [2.45, 2.75) is 13.0 Å². The summed E-state index contributed by atoms with van der Waals surface area (Å²) >= 11 is 17.7. The van der Waals surface area contributed by atoms with Crippen molar-refractivity contribution >= 4 is 46.5 Å². The van der Waals surface area contributed by atoms with Gasteiger partial charge < -0.3 is 10.2 Å². The van der Waals surface area contributed by atoms with Crippen LogP contribution in [0.25, 0.3) is 0 Å². The van der Waals surface area contributed by atoms with Gasteiger partial charge in [-0.2, -0.15) is 0 Å². The Hall–Kier alpha value is -0.710. The average Bonchev–Trinajstić information content (AvgIpc) is 2.28. The zero-order valence-corrected chi connectivity index (χ0v) is 11.3.